The molecule has 2 heterocycles. The van der Waals surface area contributed by atoms with E-state index in [1.807, 2.05) is 6.92 Å². The first-order valence-electron chi connectivity index (χ1n) is 7.74. The van der Waals surface area contributed by atoms with E-state index in [0.717, 1.165) is 42.1 Å². The molecule has 1 fully saturated rings. The summed E-state index contributed by atoms with van der Waals surface area (Å²) in [5.41, 5.74) is 0.871. The van der Waals surface area contributed by atoms with Crippen molar-refractivity contribution in [2.24, 2.45) is 0 Å². The molecule has 0 bridgehead atoms. The summed E-state index contributed by atoms with van der Waals surface area (Å²) in [4.78, 5) is 13.2. The number of thioether (sulfide) groups is 1. The summed E-state index contributed by atoms with van der Waals surface area (Å²) in [6.45, 7) is 2.73. The lowest BCUT2D eigenvalue weighted by Crippen LogP contribution is -2.47. The van der Waals surface area contributed by atoms with Gasteiger partial charge < -0.3 is 15.4 Å². The number of fused-ring (bicyclic) bond motifs is 1. The molecule has 2 amide bonds. The summed E-state index contributed by atoms with van der Waals surface area (Å²) >= 11 is 1.70. The van der Waals surface area contributed by atoms with Crippen LogP contribution in [0.4, 0.5) is 9.18 Å². The molecule has 3 rings (SSSR count). The lowest BCUT2D eigenvalue weighted by Gasteiger charge is -2.27. The van der Waals surface area contributed by atoms with E-state index in [1.54, 1.807) is 17.8 Å². The van der Waals surface area contributed by atoms with Gasteiger partial charge in [-0.25, -0.2) is 9.18 Å². The first kappa shape index (κ1) is 15.6. The highest BCUT2D eigenvalue weighted by atomic mass is 32.2. The van der Waals surface area contributed by atoms with Crippen LogP contribution in [0.1, 0.15) is 37.8 Å². The number of benzene rings is 1. The van der Waals surface area contributed by atoms with E-state index < -0.39 is 0 Å². The van der Waals surface area contributed by atoms with E-state index in [1.165, 1.54) is 12.1 Å². The lowest BCUT2D eigenvalue weighted by molar-refractivity contribution is 0.0858. The molecule has 3 atom stereocenters. The van der Waals surface area contributed by atoms with E-state index in [-0.39, 0.29) is 30.0 Å². The number of carbonyl (C=O) groups excluding carboxylic acids is 1. The van der Waals surface area contributed by atoms with Crippen molar-refractivity contribution < 1.29 is 13.9 Å². The normalized spacial score (nSPS) is 25.4. The summed E-state index contributed by atoms with van der Waals surface area (Å²) in [6.07, 6.45) is 2.93. The number of hydrogen-bond donors (Lipinski definition) is 2. The largest absolute Gasteiger partial charge is 0.376 e. The Bertz CT molecular complexity index is 549. The molecule has 0 radical (unpaired) electrons. The van der Waals surface area contributed by atoms with Gasteiger partial charge >= 0.3 is 6.03 Å². The van der Waals surface area contributed by atoms with E-state index in [2.05, 4.69) is 10.6 Å². The fraction of sp³-hybridized carbons (Fsp3) is 0.562. The van der Waals surface area contributed by atoms with Gasteiger partial charge in [0.05, 0.1) is 18.2 Å². The fourth-order valence-corrected chi connectivity index (χ4v) is 4.12. The van der Waals surface area contributed by atoms with Gasteiger partial charge in [0.15, 0.2) is 0 Å². The Labute approximate surface area is 134 Å². The van der Waals surface area contributed by atoms with Gasteiger partial charge in [0, 0.05) is 17.3 Å². The second-order valence-electron chi connectivity index (χ2n) is 5.83. The van der Waals surface area contributed by atoms with E-state index in [4.69, 9.17) is 4.74 Å². The zero-order valence-electron chi connectivity index (χ0n) is 12.6. The molecule has 4 nitrogen and oxygen atoms in total. The van der Waals surface area contributed by atoms with Crippen LogP contribution in [-0.2, 0) is 4.74 Å². The third-order valence-electron chi connectivity index (χ3n) is 4.20. The number of nitrogens with one attached hydrogen (secondary N) is 2. The van der Waals surface area contributed by atoms with Crippen molar-refractivity contribution in [3.8, 4) is 0 Å². The summed E-state index contributed by atoms with van der Waals surface area (Å²) in [5.74, 6) is 0.659. The van der Waals surface area contributed by atoms with Crippen LogP contribution in [0, 0.1) is 5.82 Å². The van der Waals surface area contributed by atoms with Crippen molar-refractivity contribution in [3.05, 3.63) is 29.6 Å². The number of amides is 2. The summed E-state index contributed by atoms with van der Waals surface area (Å²) in [7, 11) is 0. The van der Waals surface area contributed by atoms with Gasteiger partial charge in [-0.05, 0) is 49.9 Å². The van der Waals surface area contributed by atoms with E-state index in [0.29, 0.717) is 0 Å². The minimum Gasteiger partial charge on any atom is -0.376 e. The quantitative estimate of drug-likeness (QED) is 0.897. The Morgan fingerprint density at radius 3 is 3.09 bits per heavy atom. The summed E-state index contributed by atoms with van der Waals surface area (Å²) in [5, 5.41) is 5.91. The fourth-order valence-electron chi connectivity index (χ4n) is 3.01. The first-order chi connectivity index (χ1) is 10.6. The second-order valence-corrected chi connectivity index (χ2v) is 6.97. The molecule has 2 aliphatic rings. The zero-order chi connectivity index (χ0) is 15.5. The molecule has 0 spiro atoms. The van der Waals surface area contributed by atoms with Crippen LogP contribution in [0.2, 0.25) is 0 Å². The average molecular weight is 324 g/mol. The van der Waals surface area contributed by atoms with Crippen LogP contribution >= 0.6 is 11.8 Å². The Kier molecular flexibility index (Phi) is 4.88. The van der Waals surface area contributed by atoms with Crippen LogP contribution < -0.4 is 10.6 Å². The molecule has 22 heavy (non-hydrogen) atoms. The van der Waals surface area contributed by atoms with Crippen molar-refractivity contribution in [2.45, 2.75) is 49.3 Å². The lowest BCUT2D eigenvalue weighted by atomic mass is 10.0. The molecule has 1 aromatic rings. The number of hydrogen-bond acceptors (Lipinski definition) is 3. The van der Waals surface area contributed by atoms with Crippen LogP contribution in [0.25, 0.3) is 0 Å². The summed E-state index contributed by atoms with van der Waals surface area (Å²) in [6, 6.07) is 4.41. The van der Waals surface area contributed by atoms with Gasteiger partial charge in [-0.2, -0.15) is 0 Å². The van der Waals surface area contributed by atoms with Crippen molar-refractivity contribution in [1.82, 2.24) is 10.6 Å². The van der Waals surface area contributed by atoms with E-state index >= 15 is 0 Å². The number of halogens is 1. The highest BCUT2D eigenvalue weighted by Gasteiger charge is 2.26. The predicted octanol–water partition coefficient (Wildman–Crippen LogP) is 3.23. The van der Waals surface area contributed by atoms with E-state index in [9.17, 15) is 9.18 Å². The third kappa shape index (κ3) is 3.55. The predicted molar refractivity (Wildman–Crippen MR) is 84.6 cm³/mol. The van der Waals surface area contributed by atoms with Gasteiger partial charge in [0.25, 0.3) is 0 Å². The van der Waals surface area contributed by atoms with Crippen molar-refractivity contribution in [1.29, 1.82) is 0 Å². The maximum Gasteiger partial charge on any atom is 0.315 e. The smallest absolute Gasteiger partial charge is 0.315 e. The molecule has 0 aromatic heterocycles. The Hall–Kier alpha value is -1.27. The third-order valence-corrected chi connectivity index (χ3v) is 5.32. The Morgan fingerprint density at radius 2 is 2.32 bits per heavy atom. The van der Waals surface area contributed by atoms with Gasteiger partial charge in [-0.1, -0.05) is 0 Å². The maximum absolute atomic E-state index is 13.5. The molecule has 3 unspecified atom stereocenters. The van der Waals surface area contributed by atoms with Crippen LogP contribution in [0.3, 0.4) is 0 Å². The molecule has 2 aliphatic heterocycles. The molecule has 2 N–H and O–H groups in total. The molecule has 1 saturated heterocycles. The van der Waals surface area contributed by atoms with Crippen molar-refractivity contribution in [2.75, 3.05) is 12.4 Å². The molecule has 6 heteroatoms. The molecular weight excluding hydrogens is 303 g/mol. The molecule has 1 aromatic carbocycles. The summed E-state index contributed by atoms with van der Waals surface area (Å²) < 4.78 is 19.0. The van der Waals surface area contributed by atoms with Crippen LogP contribution in [-0.4, -0.2) is 30.5 Å². The molecular formula is C16H21FN2O2S. The van der Waals surface area contributed by atoms with Gasteiger partial charge in [0.2, 0.25) is 0 Å². The number of urea groups is 1. The maximum atomic E-state index is 13.5. The standard InChI is InChI=1S/C16H21FN2O2S/c1-10(14-3-2-7-21-14)18-16(20)19-13-6-8-22-15-5-4-11(17)9-12(13)15/h4-5,9-10,13-14H,2-3,6-8H2,1H3,(H2,18,19,20). The molecule has 0 aliphatic carbocycles. The number of carbonyl (C=O) groups is 1. The Morgan fingerprint density at radius 1 is 1.45 bits per heavy atom. The highest BCUT2D eigenvalue weighted by Crippen LogP contribution is 2.36. The van der Waals surface area contributed by atoms with Gasteiger partial charge in [-0.3, -0.25) is 0 Å². The highest BCUT2D eigenvalue weighted by molar-refractivity contribution is 7.99. The molecule has 120 valence electrons. The van der Waals surface area contributed by atoms with Gasteiger partial charge in [0.1, 0.15) is 5.82 Å². The van der Waals surface area contributed by atoms with Crippen molar-refractivity contribution >= 4 is 17.8 Å². The van der Waals surface area contributed by atoms with Crippen LogP contribution in [0.15, 0.2) is 23.1 Å². The zero-order valence-corrected chi connectivity index (χ0v) is 13.4. The average Bonchev–Trinajstić information content (AvgIpc) is 3.02. The SMILES string of the molecule is CC(NC(=O)NC1CCSc2ccc(F)cc21)C1CCCO1. The first-order valence-corrected chi connectivity index (χ1v) is 8.73. The minimum absolute atomic E-state index is 0.0209. The topological polar surface area (TPSA) is 50.4 Å². The minimum atomic E-state index is -0.263. The number of rotatable bonds is 3. The Balaban J connectivity index is 1.61. The van der Waals surface area contributed by atoms with Crippen molar-refractivity contribution in [3.63, 3.8) is 0 Å². The molecule has 0 saturated carbocycles. The number of ether oxygens (including phenoxy) is 1. The second kappa shape index (κ2) is 6.87. The monoisotopic (exact) mass is 324 g/mol. The van der Waals surface area contributed by atoms with Gasteiger partial charge in [-0.15, -0.1) is 11.8 Å². The van der Waals surface area contributed by atoms with Crippen LogP contribution in [0.5, 0.6) is 0 Å².